The normalized spacial score (nSPS) is 8.71. The van der Waals surface area contributed by atoms with Gasteiger partial charge in [0.2, 0.25) is 0 Å². The molecule has 1 rings (SSSR count). The first-order valence-corrected chi connectivity index (χ1v) is 2.03. The van der Waals surface area contributed by atoms with E-state index >= 15 is 0 Å². The lowest BCUT2D eigenvalue weighted by molar-refractivity contribution is 0.166. The minimum absolute atomic E-state index is 1.50. The largest absolute Gasteiger partial charge is 0.417 e. The second kappa shape index (κ2) is 1.69. The molecule has 37 valence electrons. The molecule has 0 aromatic carbocycles. The van der Waals surface area contributed by atoms with Gasteiger partial charge in [-0.15, -0.1) is 0 Å². The van der Waals surface area contributed by atoms with E-state index in [9.17, 15) is 0 Å². The zero-order valence-corrected chi connectivity index (χ0v) is 4.09. The van der Waals surface area contributed by atoms with Crippen molar-refractivity contribution in [1.82, 2.24) is 4.73 Å². The Bertz CT molecular complexity index is 123. The maximum Gasteiger partial charge on any atom is 0.107 e. The van der Waals surface area contributed by atoms with Crippen molar-refractivity contribution in [3.05, 3.63) is 24.5 Å². The van der Waals surface area contributed by atoms with Gasteiger partial charge in [-0.3, -0.25) is 0 Å². The van der Waals surface area contributed by atoms with Crippen LogP contribution in [0, 0.1) is 6.20 Å². The number of hydrogen-bond acceptors (Lipinski definition) is 1. The molecule has 0 saturated carbocycles. The Balaban J connectivity index is 2.76. The fraction of sp³-hybridized carbons (Fsp3) is 0.200. The van der Waals surface area contributed by atoms with Crippen molar-refractivity contribution in [2.75, 3.05) is 7.11 Å². The van der Waals surface area contributed by atoms with E-state index in [1.165, 1.54) is 4.73 Å². The van der Waals surface area contributed by atoms with Crippen LogP contribution in [0.3, 0.4) is 0 Å². The minimum Gasteiger partial charge on any atom is -0.417 e. The molecule has 0 unspecified atom stereocenters. The summed E-state index contributed by atoms with van der Waals surface area (Å²) in [5, 5.41) is 0. The van der Waals surface area contributed by atoms with E-state index in [0.29, 0.717) is 0 Å². The number of hydrogen-bond donors (Lipinski definition) is 0. The van der Waals surface area contributed by atoms with Gasteiger partial charge in [0.05, 0.1) is 0 Å². The van der Waals surface area contributed by atoms with Crippen molar-refractivity contribution >= 4 is 0 Å². The van der Waals surface area contributed by atoms with Crippen LogP contribution in [-0.2, 0) is 0 Å². The monoisotopic (exact) mass is 96.0 g/mol. The molecule has 1 aromatic heterocycles. The third-order valence-corrected chi connectivity index (χ3v) is 0.716. The fourth-order valence-corrected chi connectivity index (χ4v) is 0.394. The zero-order chi connectivity index (χ0) is 5.11. The minimum atomic E-state index is 1.50. The maximum atomic E-state index is 4.72. The summed E-state index contributed by atoms with van der Waals surface area (Å²) >= 11 is 0. The summed E-state index contributed by atoms with van der Waals surface area (Å²) in [6.45, 7) is 0. The molecule has 2 heteroatoms. The maximum absolute atomic E-state index is 4.72. The van der Waals surface area contributed by atoms with Crippen molar-refractivity contribution in [2.24, 2.45) is 0 Å². The van der Waals surface area contributed by atoms with Crippen LogP contribution in [0.2, 0.25) is 0 Å². The molecule has 0 aliphatic heterocycles. The van der Waals surface area contributed by atoms with Crippen LogP contribution >= 0.6 is 0 Å². The molecule has 0 N–H and O–H groups in total. The fourth-order valence-electron chi connectivity index (χ4n) is 0.394. The summed E-state index contributed by atoms with van der Waals surface area (Å²) in [7, 11) is 1.59. The lowest BCUT2D eigenvalue weighted by Crippen LogP contribution is -2.00. The molecule has 1 radical (unpaired) electrons. The first kappa shape index (κ1) is 4.24. The highest BCUT2D eigenvalue weighted by Gasteiger charge is 1.77. The summed E-state index contributed by atoms with van der Waals surface area (Å²) < 4.78 is 1.50. The van der Waals surface area contributed by atoms with E-state index in [0.717, 1.165) is 0 Å². The van der Waals surface area contributed by atoms with Gasteiger partial charge in [0.25, 0.3) is 0 Å². The van der Waals surface area contributed by atoms with E-state index < -0.39 is 0 Å². The summed E-state index contributed by atoms with van der Waals surface area (Å²) in [6.07, 6.45) is 4.56. The Morgan fingerprint density at radius 2 is 2.57 bits per heavy atom. The van der Waals surface area contributed by atoms with E-state index in [4.69, 9.17) is 4.84 Å². The molecule has 0 atom stereocenters. The Morgan fingerprint density at radius 3 is 2.86 bits per heavy atom. The van der Waals surface area contributed by atoms with Gasteiger partial charge in [-0.05, 0) is 12.1 Å². The van der Waals surface area contributed by atoms with Crippen LogP contribution in [-0.4, -0.2) is 11.8 Å². The first-order valence-electron chi connectivity index (χ1n) is 2.03. The summed E-state index contributed by atoms with van der Waals surface area (Å²) in [5.74, 6) is 0. The van der Waals surface area contributed by atoms with Gasteiger partial charge in [0.1, 0.15) is 13.3 Å². The predicted molar refractivity (Wildman–Crippen MR) is 25.8 cm³/mol. The summed E-state index contributed by atoms with van der Waals surface area (Å²) in [5.41, 5.74) is 0. The van der Waals surface area contributed by atoms with Gasteiger partial charge in [-0.25, -0.2) is 0 Å². The highest BCUT2D eigenvalue weighted by Crippen LogP contribution is 1.80. The summed E-state index contributed by atoms with van der Waals surface area (Å²) in [6, 6.07) is 3.63. The average Bonchev–Trinajstić information content (AvgIpc) is 2.14. The molecule has 1 aromatic rings. The van der Waals surface area contributed by atoms with Crippen LogP contribution in [0.15, 0.2) is 18.3 Å². The average molecular weight is 96.1 g/mol. The molecule has 0 spiro atoms. The van der Waals surface area contributed by atoms with Gasteiger partial charge in [0, 0.05) is 6.20 Å². The van der Waals surface area contributed by atoms with Crippen molar-refractivity contribution in [2.45, 2.75) is 0 Å². The molecular formula is C5H6NO. The molecule has 7 heavy (non-hydrogen) atoms. The highest BCUT2D eigenvalue weighted by atomic mass is 16.6. The van der Waals surface area contributed by atoms with Crippen molar-refractivity contribution in [1.29, 1.82) is 0 Å². The predicted octanol–water partition coefficient (Wildman–Crippen LogP) is 0.347. The second-order valence-electron chi connectivity index (χ2n) is 1.15. The molecule has 0 amide bonds. The van der Waals surface area contributed by atoms with E-state index in [-0.39, 0.29) is 0 Å². The van der Waals surface area contributed by atoms with Crippen molar-refractivity contribution < 1.29 is 4.84 Å². The highest BCUT2D eigenvalue weighted by molar-refractivity contribution is 4.85. The lowest BCUT2D eigenvalue weighted by atomic mass is 10.7. The molecule has 0 fully saturated rings. The number of nitrogens with zero attached hydrogens (tertiary/aromatic N) is 1. The Kier molecular flexibility index (Phi) is 1.02. The standard InChI is InChI=1S/C5H6NO/c1-7-6-4-2-3-5-6/h2-4H,1H3. The quantitative estimate of drug-likeness (QED) is 0.492. The van der Waals surface area contributed by atoms with E-state index in [1.54, 1.807) is 19.4 Å². The second-order valence-corrected chi connectivity index (χ2v) is 1.15. The lowest BCUT2D eigenvalue weighted by Gasteiger charge is -1.93. The van der Waals surface area contributed by atoms with Gasteiger partial charge in [-0.2, -0.15) is 4.73 Å². The molecule has 1 heterocycles. The van der Waals surface area contributed by atoms with Crippen LogP contribution in [0.4, 0.5) is 0 Å². The zero-order valence-electron chi connectivity index (χ0n) is 4.09. The third-order valence-electron chi connectivity index (χ3n) is 0.716. The first-order chi connectivity index (χ1) is 3.43. The summed E-state index contributed by atoms with van der Waals surface area (Å²) in [4.78, 5) is 4.72. The van der Waals surface area contributed by atoms with Crippen LogP contribution in [0.25, 0.3) is 0 Å². The SMILES string of the molecule is COn1[c]ccc1. The Labute approximate surface area is 42.3 Å². The van der Waals surface area contributed by atoms with E-state index in [1.807, 2.05) is 6.07 Å². The van der Waals surface area contributed by atoms with E-state index in [2.05, 4.69) is 6.20 Å². The van der Waals surface area contributed by atoms with Crippen LogP contribution < -0.4 is 4.84 Å². The van der Waals surface area contributed by atoms with Crippen molar-refractivity contribution in [3.8, 4) is 0 Å². The number of aromatic nitrogens is 1. The molecule has 0 saturated heterocycles. The van der Waals surface area contributed by atoms with Gasteiger partial charge in [0.15, 0.2) is 0 Å². The van der Waals surface area contributed by atoms with Gasteiger partial charge in [-0.1, -0.05) is 0 Å². The van der Waals surface area contributed by atoms with Gasteiger partial charge >= 0.3 is 0 Å². The molecule has 0 aliphatic carbocycles. The molecule has 0 bridgehead atoms. The smallest absolute Gasteiger partial charge is 0.107 e. The molecule has 0 aliphatic rings. The third kappa shape index (κ3) is 0.738. The Hall–Kier alpha value is -0.920. The van der Waals surface area contributed by atoms with Crippen LogP contribution in [0.1, 0.15) is 0 Å². The van der Waals surface area contributed by atoms with Crippen molar-refractivity contribution in [3.63, 3.8) is 0 Å². The van der Waals surface area contributed by atoms with Gasteiger partial charge < -0.3 is 4.84 Å². The van der Waals surface area contributed by atoms with Crippen LogP contribution in [0.5, 0.6) is 0 Å². The molecular weight excluding hydrogens is 90.1 g/mol. The topological polar surface area (TPSA) is 14.2 Å². The molecule has 2 nitrogen and oxygen atoms in total. The number of rotatable bonds is 1. The Morgan fingerprint density at radius 1 is 1.71 bits per heavy atom.